The maximum atomic E-state index is 5.23. The van der Waals surface area contributed by atoms with Crippen LogP contribution in [0.1, 0.15) is 11.1 Å². The predicted octanol–water partition coefficient (Wildman–Crippen LogP) is 3.78. The summed E-state index contributed by atoms with van der Waals surface area (Å²) in [4.78, 5) is 10.9. The second-order valence-electron chi connectivity index (χ2n) is 5.88. The number of hydrogen-bond donors (Lipinski definition) is 0. The van der Waals surface area contributed by atoms with Gasteiger partial charge in [0.2, 0.25) is 0 Å². The predicted molar refractivity (Wildman–Crippen MR) is 101 cm³/mol. The summed E-state index contributed by atoms with van der Waals surface area (Å²) in [6.45, 7) is 1.85. The molecule has 0 radical (unpaired) electrons. The van der Waals surface area contributed by atoms with E-state index in [1.807, 2.05) is 42.9 Å². The molecule has 2 aromatic heterocycles. The fourth-order valence-corrected chi connectivity index (χ4v) is 2.75. The first-order chi connectivity index (χ1) is 12.3. The van der Waals surface area contributed by atoms with Gasteiger partial charge in [-0.3, -0.25) is 4.98 Å². The molecule has 4 heteroatoms. The highest BCUT2D eigenvalue weighted by Gasteiger charge is 2.08. The number of pyridine rings is 2. The second kappa shape index (κ2) is 8.83. The van der Waals surface area contributed by atoms with Gasteiger partial charge >= 0.3 is 0 Å². The van der Waals surface area contributed by atoms with Gasteiger partial charge in [-0.15, -0.1) is 0 Å². The van der Waals surface area contributed by atoms with E-state index in [0.717, 1.165) is 37.5 Å². The van der Waals surface area contributed by atoms with E-state index in [9.17, 15) is 0 Å². The molecule has 0 spiro atoms. The molecule has 128 valence electrons. The van der Waals surface area contributed by atoms with Crippen LogP contribution in [0.5, 0.6) is 5.75 Å². The number of nitrogens with zero attached hydrogens (tertiary/aromatic N) is 3. The molecule has 0 fully saturated rings. The van der Waals surface area contributed by atoms with Crippen molar-refractivity contribution < 1.29 is 4.74 Å². The highest BCUT2D eigenvalue weighted by molar-refractivity contribution is 5.38. The molecule has 2 heterocycles. The summed E-state index contributed by atoms with van der Waals surface area (Å²) >= 11 is 0. The van der Waals surface area contributed by atoms with E-state index in [2.05, 4.69) is 45.2 Å². The van der Waals surface area contributed by atoms with Gasteiger partial charge in [0, 0.05) is 31.7 Å². The number of methoxy groups -OCH3 is 1. The van der Waals surface area contributed by atoms with E-state index < -0.39 is 0 Å². The van der Waals surface area contributed by atoms with Crippen molar-refractivity contribution >= 4 is 5.82 Å². The Kier molecular flexibility index (Phi) is 5.99. The van der Waals surface area contributed by atoms with Gasteiger partial charge in [0.05, 0.1) is 7.11 Å². The molecular weight excluding hydrogens is 310 g/mol. The van der Waals surface area contributed by atoms with E-state index in [1.54, 1.807) is 7.11 Å². The number of benzene rings is 1. The summed E-state index contributed by atoms with van der Waals surface area (Å²) in [6.07, 6.45) is 7.48. The standard InChI is InChI=1S/C21H23N3O/c1-25-20-7-5-18(6-8-20)11-16-24(21-4-2-3-13-23-21)17-12-19-9-14-22-15-10-19/h2-10,13-15H,11-12,16-17H2,1H3. The molecule has 0 aliphatic heterocycles. The fraction of sp³-hybridized carbons (Fsp3) is 0.238. The Hall–Kier alpha value is -2.88. The van der Waals surface area contributed by atoms with Crippen LogP contribution in [0.3, 0.4) is 0 Å². The third-order valence-electron chi connectivity index (χ3n) is 4.22. The van der Waals surface area contributed by atoms with Gasteiger partial charge in [0.15, 0.2) is 0 Å². The molecule has 0 unspecified atom stereocenters. The minimum absolute atomic E-state index is 0.892. The smallest absolute Gasteiger partial charge is 0.128 e. The van der Waals surface area contributed by atoms with Crippen LogP contribution in [0.4, 0.5) is 5.82 Å². The molecule has 0 saturated heterocycles. The Balaban J connectivity index is 1.65. The van der Waals surface area contributed by atoms with Crippen molar-refractivity contribution in [2.75, 3.05) is 25.1 Å². The molecule has 1 aromatic carbocycles. The summed E-state index contributed by atoms with van der Waals surface area (Å²) in [5.74, 6) is 1.91. The molecule has 0 aliphatic rings. The Morgan fingerprint density at radius 2 is 1.48 bits per heavy atom. The van der Waals surface area contributed by atoms with Crippen LogP contribution in [0.15, 0.2) is 73.2 Å². The maximum absolute atomic E-state index is 5.23. The third kappa shape index (κ3) is 5.05. The molecule has 0 bridgehead atoms. The molecule has 0 amide bonds. The van der Waals surface area contributed by atoms with Gasteiger partial charge in [0.1, 0.15) is 11.6 Å². The zero-order valence-electron chi connectivity index (χ0n) is 14.5. The van der Waals surface area contributed by atoms with Crippen LogP contribution in [0.25, 0.3) is 0 Å². The lowest BCUT2D eigenvalue weighted by molar-refractivity contribution is 0.414. The highest BCUT2D eigenvalue weighted by Crippen LogP contribution is 2.15. The minimum atomic E-state index is 0.892. The molecule has 3 aromatic rings. The van der Waals surface area contributed by atoms with Gasteiger partial charge in [-0.25, -0.2) is 4.98 Å². The molecule has 0 N–H and O–H groups in total. The summed E-state index contributed by atoms with van der Waals surface area (Å²) in [5.41, 5.74) is 2.59. The van der Waals surface area contributed by atoms with Crippen molar-refractivity contribution in [2.45, 2.75) is 12.8 Å². The molecule has 0 saturated carbocycles. The molecule has 0 aliphatic carbocycles. The summed E-state index contributed by atoms with van der Waals surface area (Å²) in [7, 11) is 1.69. The van der Waals surface area contributed by atoms with Crippen molar-refractivity contribution in [3.05, 3.63) is 84.3 Å². The number of ether oxygens (including phenoxy) is 1. The van der Waals surface area contributed by atoms with Crippen LogP contribution < -0.4 is 9.64 Å². The zero-order chi connectivity index (χ0) is 17.3. The Morgan fingerprint density at radius 3 is 2.08 bits per heavy atom. The van der Waals surface area contributed by atoms with Crippen LogP contribution in [0.2, 0.25) is 0 Å². The van der Waals surface area contributed by atoms with E-state index in [4.69, 9.17) is 4.74 Å². The Morgan fingerprint density at radius 1 is 0.800 bits per heavy atom. The Bertz CT molecular complexity index is 745. The van der Waals surface area contributed by atoms with Crippen LogP contribution in [-0.4, -0.2) is 30.2 Å². The average Bonchev–Trinajstić information content (AvgIpc) is 2.70. The van der Waals surface area contributed by atoms with Gasteiger partial charge in [-0.05, 0) is 60.4 Å². The first-order valence-electron chi connectivity index (χ1n) is 8.53. The lowest BCUT2D eigenvalue weighted by Crippen LogP contribution is -2.29. The lowest BCUT2D eigenvalue weighted by atomic mass is 10.1. The molecule has 3 rings (SSSR count). The second-order valence-corrected chi connectivity index (χ2v) is 5.88. The fourth-order valence-electron chi connectivity index (χ4n) is 2.75. The summed E-state index contributed by atoms with van der Waals surface area (Å²) < 4.78 is 5.23. The van der Waals surface area contributed by atoms with Crippen molar-refractivity contribution in [3.63, 3.8) is 0 Å². The number of hydrogen-bond acceptors (Lipinski definition) is 4. The molecule has 0 atom stereocenters. The monoisotopic (exact) mass is 333 g/mol. The van der Waals surface area contributed by atoms with Crippen molar-refractivity contribution in [1.82, 2.24) is 9.97 Å². The summed E-state index contributed by atoms with van der Waals surface area (Å²) in [5, 5.41) is 0. The summed E-state index contributed by atoms with van der Waals surface area (Å²) in [6, 6.07) is 18.5. The number of rotatable bonds is 8. The van der Waals surface area contributed by atoms with Gasteiger partial charge in [-0.1, -0.05) is 18.2 Å². The Labute approximate surface area is 149 Å². The van der Waals surface area contributed by atoms with E-state index in [-0.39, 0.29) is 0 Å². The highest BCUT2D eigenvalue weighted by atomic mass is 16.5. The molecular formula is C21H23N3O. The van der Waals surface area contributed by atoms with Crippen molar-refractivity contribution in [2.24, 2.45) is 0 Å². The van der Waals surface area contributed by atoms with Crippen LogP contribution in [0, 0.1) is 0 Å². The average molecular weight is 333 g/mol. The van der Waals surface area contributed by atoms with E-state index in [0.29, 0.717) is 0 Å². The molecule has 25 heavy (non-hydrogen) atoms. The third-order valence-corrected chi connectivity index (χ3v) is 4.22. The zero-order valence-corrected chi connectivity index (χ0v) is 14.5. The SMILES string of the molecule is COc1ccc(CCN(CCc2ccncc2)c2ccccn2)cc1. The largest absolute Gasteiger partial charge is 0.497 e. The van der Waals surface area contributed by atoms with Crippen molar-refractivity contribution in [3.8, 4) is 5.75 Å². The van der Waals surface area contributed by atoms with Gasteiger partial charge in [0.25, 0.3) is 0 Å². The topological polar surface area (TPSA) is 38.2 Å². The molecule has 4 nitrogen and oxygen atoms in total. The minimum Gasteiger partial charge on any atom is -0.497 e. The van der Waals surface area contributed by atoms with Crippen LogP contribution >= 0.6 is 0 Å². The van der Waals surface area contributed by atoms with Gasteiger partial charge < -0.3 is 9.64 Å². The van der Waals surface area contributed by atoms with Crippen molar-refractivity contribution in [1.29, 1.82) is 0 Å². The first kappa shape index (κ1) is 17.0. The van der Waals surface area contributed by atoms with E-state index >= 15 is 0 Å². The van der Waals surface area contributed by atoms with Gasteiger partial charge in [-0.2, -0.15) is 0 Å². The first-order valence-corrected chi connectivity index (χ1v) is 8.53. The lowest BCUT2D eigenvalue weighted by Gasteiger charge is -2.24. The quantitative estimate of drug-likeness (QED) is 0.629. The van der Waals surface area contributed by atoms with Crippen LogP contribution in [-0.2, 0) is 12.8 Å². The number of aromatic nitrogens is 2. The maximum Gasteiger partial charge on any atom is 0.128 e. The van der Waals surface area contributed by atoms with E-state index in [1.165, 1.54) is 11.1 Å². The number of anilines is 1. The normalized spacial score (nSPS) is 10.4.